The zero-order valence-corrected chi connectivity index (χ0v) is 16.1. The smallest absolute Gasteiger partial charge is 0.471 e. The molecular weight excluding hydrogens is 420 g/mol. The van der Waals surface area contributed by atoms with Gasteiger partial charge in [0.25, 0.3) is 0 Å². The Hall–Kier alpha value is -2.32. The van der Waals surface area contributed by atoms with Crippen LogP contribution in [0.15, 0.2) is 38.8 Å². The van der Waals surface area contributed by atoms with Crippen molar-refractivity contribution in [1.29, 1.82) is 0 Å². The van der Waals surface area contributed by atoms with Crippen LogP contribution in [0.3, 0.4) is 0 Å². The molecule has 0 fully saturated rings. The number of aromatic hydroxyl groups is 1. The third-order valence-corrected chi connectivity index (χ3v) is 5.23. The molecule has 1 aliphatic carbocycles. The quantitative estimate of drug-likeness (QED) is 0.689. The van der Waals surface area contributed by atoms with Crippen LogP contribution in [0.25, 0.3) is 0 Å². The number of carbonyl (C=O) groups excluding carboxylic acids is 2. The Bertz CT molecular complexity index is 1010. The summed E-state index contributed by atoms with van der Waals surface area (Å²) in [6.45, 7) is 2.99. The molecule has 2 aliphatic rings. The minimum atomic E-state index is -5.03. The molecule has 1 amide bonds. The van der Waals surface area contributed by atoms with E-state index in [4.69, 9.17) is 23.2 Å². The number of hydrogen-bond acceptors (Lipinski definition) is 4. The maximum absolute atomic E-state index is 12.4. The Morgan fingerprint density at radius 1 is 1.29 bits per heavy atom. The maximum Gasteiger partial charge on any atom is 0.471 e. The Kier molecular flexibility index (Phi) is 4.84. The number of Topliss-reactive ketones (excluding diaryl/α,β-unsaturated/α-hetero) is 1. The largest absolute Gasteiger partial charge is 0.508 e. The number of phenols is 1. The number of benzene rings is 1. The Balaban J connectivity index is 2.07. The van der Waals surface area contributed by atoms with Crippen LogP contribution in [-0.4, -0.2) is 28.7 Å². The normalized spacial score (nSPS) is 18.2. The van der Waals surface area contributed by atoms with Crippen LogP contribution in [0.2, 0.25) is 0 Å². The summed E-state index contributed by atoms with van der Waals surface area (Å²) >= 11 is 12.1. The van der Waals surface area contributed by atoms with Crippen LogP contribution in [0.4, 0.5) is 18.9 Å². The van der Waals surface area contributed by atoms with Crippen LogP contribution in [0.1, 0.15) is 25.0 Å². The molecule has 0 atom stereocenters. The first-order chi connectivity index (χ1) is 12.8. The van der Waals surface area contributed by atoms with Crippen molar-refractivity contribution in [3.8, 4) is 5.75 Å². The summed E-state index contributed by atoms with van der Waals surface area (Å²) in [5, 5.41) is 11.8. The molecule has 5 nitrogen and oxygen atoms in total. The highest BCUT2D eigenvalue weighted by Crippen LogP contribution is 2.48. The molecular formula is C18H13Cl2F3N2O3. The van der Waals surface area contributed by atoms with E-state index in [-0.39, 0.29) is 21.4 Å². The number of carbonyl (C=O) groups is 2. The standard InChI is InChI=1S/C18H13Cl2F3N2O3/c1-17(2)8-4-12(26)7(6-24-16(28)18(21,22)23)3-10(8)25-11-5-9(19)15(27)14(20)13(11)17/h3-5,26H,6H2,1-2H3,(H,24,28). The van der Waals surface area contributed by atoms with Gasteiger partial charge >= 0.3 is 12.1 Å². The topological polar surface area (TPSA) is 78.8 Å². The first-order valence-corrected chi connectivity index (χ1v) is 8.72. The number of fused-ring (bicyclic) bond motifs is 2. The number of nitrogens with zero attached hydrogens (tertiary/aromatic N) is 1. The van der Waals surface area contributed by atoms with Crippen LogP contribution >= 0.6 is 23.2 Å². The average Bonchev–Trinajstić information content (AvgIpc) is 2.57. The molecule has 148 valence electrons. The van der Waals surface area contributed by atoms with Gasteiger partial charge in [0.1, 0.15) is 5.75 Å². The van der Waals surface area contributed by atoms with Crippen molar-refractivity contribution >= 4 is 46.3 Å². The number of phenolic OH excluding ortho intramolecular Hbond substituents is 1. The summed E-state index contributed by atoms with van der Waals surface area (Å²) in [6.07, 6.45) is -3.66. The minimum absolute atomic E-state index is 0.0528. The van der Waals surface area contributed by atoms with E-state index >= 15 is 0 Å². The van der Waals surface area contributed by atoms with E-state index < -0.39 is 29.8 Å². The van der Waals surface area contributed by atoms with Crippen LogP contribution in [0.5, 0.6) is 5.75 Å². The number of rotatable bonds is 2. The van der Waals surface area contributed by atoms with E-state index in [0.29, 0.717) is 22.5 Å². The summed E-state index contributed by atoms with van der Waals surface area (Å²) in [4.78, 5) is 27.5. The number of amides is 1. The van der Waals surface area contributed by atoms with E-state index in [9.17, 15) is 27.9 Å². The summed E-state index contributed by atoms with van der Waals surface area (Å²) in [5.74, 6) is -2.97. The molecule has 0 aromatic heterocycles. The molecule has 1 aromatic rings. The number of hydrogen-bond donors (Lipinski definition) is 2. The summed E-state index contributed by atoms with van der Waals surface area (Å²) < 4.78 is 37.1. The summed E-state index contributed by atoms with van der Waals surface area (Å²) in [5.41, 5.74) is 0.886. The molecule has 0 bridgehead atoms. The zero-order chi connectivity index (χ0) is 21.0. The Labute approximate surface area is 167 Å². The molecule has 10 heteroatoms. The predicted molar refractivity (Wildman–Crippen MR) is 98.0 cm³/mol. The van der Waals surface area contributed by atoms with Gasteiger partial charge in [0.2, 0.25) is 5.78 Å². The zero-order valence-electron chi connectivity index (χ0n) is 14.5. The number of allylic oxidation sites excluding steroid dienone is 4. The molecule has 2 N–H and O–H groups in total. The molecule has 1 heterocycles. The van der Waals surface area contributed by atoms with Gasteiger partial charge in [-0.15, -0.1) is 0 Å². The highest BCUT2D eigenvalue weighted by molar-refractivity contribution is 6.58. The Morgan fingerprint density at radius 3 is 2.54 bits per heavy atom. The van der Waals surface area contributed by atoms with Gasteiger partial charge in [-0.05, 0) is 23.8 Å². The highest BCUT2D eigenvalue weighted by Gasteiger charge is 2.41. The van der Waals surface area contributed by atoms with Crippen molar-refractivity contribution in [2.24, 2.45) is 4.99 Å². The third-order valence-electron chi connectivity index (χ3n) is 4.59. The lowest BCUT2D eigenvalue weighted by molar-refractivity contribution is -0.173. The number of halogens is 5. The third kappa shape index (κ3) is 3.31. The minimum Gasteiger partial charge on any atom is -0.508 e. The van der Waals surface area contributed by atoms with E-state index in [0.717, 1.165) is 0 Å². The number of aliphatic imine (C=N–C) groups is 1. The molecule has 0 saturated carbocycles. The van der Waals surface area contributed by atoms with Crippen molar-refractivity contribution in [3.05, 3.63) is 45.0 Å². The van der Waals surface area contributed by atoms with Crippen molar-refractivity contribution in [1.82, 2.24) is 5.32 Å². The van der Waals surface area contributed by atoms with Crippen LogP contribution < -0.4 is 5.32 Å². The lowest BCUT2D eigenvalue weighted by Crippen LogP contribution is -2.36. The van der Waals surface area contributed by atoms with Crippen LogP contribution in [-0.2, 0) is 21.5 Å². The van der Waals surface area contributed by atoms with Gasteiger partial charge in [-0.25, -0.2) is 4.99 Å². The van der Waals surface area contributed by atoms with E-state index in [1.807, 2.05) is 0 Å². The molecule has 0 saturated heterocycles. The highest BCUT2D eigenvalue weighted by atomic mass is 35.5. The molecule has 1 aromatic carbocycles. The van der Waals surface area contributed by atoms with E-state index in [2.05, 4.69) is 4.99 Å². The van der Waals surface area contributed by atoms with Crippen molar-refractivity contribution in [2.75, 3.05) is 0 Å². The van der Waals surface area contributed by atoms with E-state index in [1.165, 1.54) is 18.2 Å². The second-order valence-corrected chi connectivity index (χ2v) is 7.60. The maximum atomic E-state index is 12.4. The molecule has 3 rings (SSSR count). The summed E-state index contributed by atoms with van der Waals surface area (Å²) in [6, 6.07) is 2.71. The second-order valence-electron chi connectivity index (χ2n) is 6.81. The van der Waals surface area contributed by atoms with Crippen molar-refractivity contribution < 1.29 is 27.9 Å². The first-order valence-electron chi connectivity index (χ1n) is 7.96. The lowest BCUT2D eigenvalue weighted by atomic mass is 9.71. The van der Waals surface area contributed by atoms with Gasteiger partial charge < -0.3 is 10.4 Å². The molecule has 0 radical (unpaired) electrons. The summed E-state index contributed by atoms with van der Waals surface area (Å²) in [7, 11) is 0. The first kappa shape index (κ1) is 20.4. The monoisotopic (exact) mass is 432 g/mol. The number of ketones is 1. The SMILES string of the molecule is CC1(C)C2=C(Cl)C(=O)C(Cl)=CC2=Nc2cc(CNC(=O)C(F)(F)F)c(O)cc21. The van der Waals surface area contributed by atoms with Gasteiger partial charge in [0, 0.05) is 23.1 Å². The molecule has 28 heavy (non-hydrogen) atoms. The Morgan fingerprint density at radius 2 is 1.93 bits per heavy atom. The van der Waals surface area contributed by atoms with Gasteiger partial charge in [-0.2, -0.15) is 13.2 Å². The fourth-order valence-corrected chi connectivity index (χ4v) is 3.85. The van der Waals surface area contributed by atoms with Crippen molar-refractivity contribution in [3.63, 3.8) is 0 Å². The fraction of sp³-hybridized carbons (Fsp3) is 0.278. The average molecular weight is 433 g/mol. The van der Waals surface area contributed by atoms with Gasteiger partial charge in [0.05, 0.1) is 21.5 Å². The number of nitrogens with one attached hydrogen (secondary N) is 1. The molecule has 0 unspecified atom stereocenters. The fourth-order valence-electron chi connectivity index (χ4n) is 3.17. The molecule has 1 aliphatic heterocycles. The van der Waals surface area contributed by atoms with E-state index in [1.54, 1.807) is 19.2 Å². The molecule has 0 spiro atoms. The number of alkyl halides is 3. The predicted octanol–water partition coefficient (Wildman–Crippen LogP) is 4.13. The second kappa shape index (κ2) is 6.63. The van der Waals surface area contributed by atoms with Gasteiger partial charge in [0.15, 0.2) is 0 Å². The van der Waals surface area contributed by atoms with Gasteiger partial charge in [-0.3, -0.25) is 9.59 Å². The van der Waals surface area contributed by atoms with Gasteiger partial charge in [-0.1, -0.05) is 37.0 Å². The van der Waals surface area contributed by atoms with Crippen molar-refractivity contribution in [2.45, 2.75) is 32.0 Å². The van der Waals surface area contributed by atoms with Crippen LogP contribution in [0, 0.1) is 0 Å². The lowest BCUT2D eigenvalue weighted by Gasteiger charge is -2.36.